The van der Waals surface area contributed by atoms with Crippen LogP contribution in [0.1, 0.15) is 119 Å². The second-order valence-corrected chi connectivity index (χ2v) is 24.3. The zero-order valence-corrected chi connectivity index (χ0v) is 45.4. The van der Waals surface area contributed by atoms with Crippen LogP contribution >= 0.6 is 22.7 Å². The average Bonchev–Trinajstić information content (AvgIpc) is 3.97. The Labute approximate surface area is 440 Å². The zero-order valence-electron chi connectivity index (χ0n) is 43.8. The summed E-state index contributed by atoms with van der Waals surface area (Å²) in [5, 5.41) is 7.24. The fourth-order valence-electron chi connectivity index (χ4n) is 12.0. The Bertz CT molecular complexity index is 2480. The first-order valence-electron chi connectivity index (χ1n) is 27.0. The van der Waals surface area contributed by atoms with E-state index >= 15 is 0 Å². The van der Waals surface area contributed by atoms with Gasteiger partial charge in [-0.3, -0.25) is 19.7 Å². The number of urea groups is 1. The zero-order chi connectivity index (χ0) is 51.6. The highest BCUT2D eigenvalue weighted by Crippen LogP contribution is 2.35. The number of hydrogen-bond acceptors (Lipinski definition) is 12. The molecule has 4 saturated heterocycles. The molecule has 0 radical (unpaired) electrons. The molecule has 396 valence electrons. The number of benzene rings is 2. The van der Waals surface area contributed by atoms with Crippen molar-refractivity contribution in [2.75, 3.05) is 84.4 Å². The van der Waals surface area contributed by atoms with Crippen LogP contribution in [0.25, 0.3) is 0 Å². The van der Waals surface area contributed by atoms with Crippen molar-refractivity contribution < 1.29 is 28.0 Å². The lowest BCUT2D eigenvalue weighted by molar-refractivity contribution is -0.120. The Kier molecular flexibility index (Phi) is 19.5. The third-order valence-corrected chi connectivity index (χ3v) is 18.3. The molecule has 1 aliphatic carbocycles. The van der Waals surface area contributed by atoms with Crippen molar-refractivity contribution in [3.8, 4) is 0 Å². The van der Waals surface area contributed by atoms with Crippen molar-refractivity contribution in [1.82, 2.24) is 34.9 Å². The van der Waals surface area contributed by atoms with E-state index in [4.69, 9.17) is 0 Å². The summed E-state index contributed by atoms with van der Waals surface area (Å²) in [6.07, 6.45) is 12.6. The molecule has 5 aliphatic rings. The van der Waals surface area contributed by atoms with Crippen LogP contribution in [0.5, 0.6) is 0 Å². The number of anilines is 1. The van der Waals surface area contributed by atoms with Gasteiger partial charge in [0.25, 0.3) is 0 Å². The van der Waals surface area contributed by atoms with Gasteiger partial charge in [0.05, 0.1) is 27.6 Å². The van der Waals surface area contributed by atoms with Crippen molar-refractivity contribution in [1.29, 1.82) is 0 Å². The summed E-state index contributed by atoms with van der Waals surface area (Å²) in [5.74, 6) is 3.20. The minimum Gasteiger partial charge on any atom is -0.333 e. The maximum atomic E-state index is 13.3. The standard InChI is InChI=1S/C31H42FN3O2S.C26H36FN5O2S/c1-21-31(22(2)36)38-30(33-21)16-29(37)15-27-20-35(17-24-5-6-24)13-11-26(27)19-34-12-3-4-25(18-34)14-23-7-9-28(32)10-8-23;1-17-24(18(2)33)35-26(28-17)30-25(34)29-23-16-31(3)12-10-21(23)15-32-11-4-5-20(14-32)13-19-6-8-22(27)9-7-19/h7-10,24-27H,3-6,11-20H2,1-2H3;6-9,20-21,23H,4-5,10-16H2,1-3H3,(H2,28,29,30,34)/t25-,26-,27+;20-,21-,23+/m00/s1. The van der Waals surface area contributed by atoms with Crippen LogP contribution in [0.3, 0.4) is 0 Å². The van der Waals surface area contributed by atoms with Gasteiger partial charge in [0.2, 0.25) is 0 Å². The van der Waals surface area contributed by atoms with E-state index in [1.165, 1.54) is 85.8 Å². The summed E-state index contributed by atoms with van der Waals surface area (Å²) in [4.78, 5) is 69.8. The maximum absolute atomic E-state index is 13.3. The summed E-state index contributed by atoms with van der Waals surface area (Å²) in [7, 11) is 2.09. The fourth-order valence-corrected chi connectivity index (χ4v) is 13.9. The van der Waals surface area contributed by atoms with Crippen LogP contribution < -0.4 is 10.6 Å². The number of halogens is 2. The van der Waals surface area contributed by atoms with Gasteiger partial charge in [0, 0.05) is 72.1 Å². The van der Waals surface area contributed by atoms with E-state index < -0.39 is 0 Å². The molecule has 0 bridgehead atoms. The number of carbonyl (C=O) groups is 4. The average molecular weight is 1040 g/mol. The van der Waals surface area contributed by atoms with Crippen LogP contribution in [-0.2, 0) is 24.1 Å². The van der Waals surface area contributed by atoms with Gasteiger partial charge in [-0.2, -0.15) is 0 Å². The van der Waals surface area contributed by atoms with E-state index in [-0.39, 0.29) is 41.1 Å². The lowest BCUT2D eigenvalue weighted by atomic mass is 9.80. The Hall–Kier alpha value is -4.32. The molecule has 4 aromatic rings. The highest BCUT2D eigenvalue weighted by atomic mass is 32.1. The number of rotatable bonds is 18. The van der Waals surface area contributed by atoms with E-state index in [0.717, 1.165) is 108 Å². The lowest BCUT2D eigenvalue weighted by Crippen LogP contribution is -2.55. The SMILES string of the molecule is CC(=O)c1sc(CC(=O)C[C@@H]2CN(CC3CC3)CC[C@H]2CN2CCC[C@@H](Cc3ccc(F)cc3)C2)nc1C.CC(=O)c1sc(NC(=O)N[C@@H]2CN(C)CC[C@H]2CN2CCC[C@@H](Cc3ccc(F)cc3)C2)nc1C. The summed E-state index contributed by atoms with van der Waals surface area (Å²) in [6, 6.07) is 13.6. The summed E-state index contributed by atoms with van der Waals surface area (Å²) in [6.45, 7) is 18.3. The summed E-state index contributed by atoms with van der Waals surface area (Å²) < 4.78 is 26.6. The first-order chi connectivity index (χ1) is 35.1. The van der Waals surface area contributed by atoms with Crippen LogP contribution in [0.4, 0.5) is 18.7 Å². The minimum absolute atomic E-state index is 0.0287. The number of aryl methyl sites for hydroxylation is 2. The Balaban J connectivity index is 0.000000196. The van der Waals surface area contributed by atoms with Gasteiger partial charge in [-0.1, -0.05) is 35.6 Å². The second kappa shape index (κ2) is 26.0. The topological polar surface area (TPSA) is 131 Å². The number of nitrogens with zero attached hydrogens (tertiary/aromatic N) is 6. The number of amides is 2. The molecule has 6 heterocycles. The van der Waals surface area contributed by atoms with Crippen molar-refractivity contribution in [2.45, 2.75) is 111 Å². The molecule has 5 fully saturated rings. The quantitative estimate of drug-likeness (QED) is 0.0930. The number of thiazole rings is 2. The molecule has 2 amide bonds. The third kappa shape index (κ3) is 16.6. The highest BCUT2D eigenvalue weighted by Gasteiger charge is 2.36. The highest BCUT2D eigenvalue weighted by molar-refractivity contribution is 7.17. The van der Waals surface area contributed by atoms with Gasteiger partial charge in [-0.25, -0.2) is 23.5 Å². The summed E-state index contributed by atoms with van der Waals surface area (Å²) in [5.41, 5.74) is 3.81. The largest absolute Gasteiger partial charge is 0.333 e. The third-order valence-electron chi connectivity index (χ3n) is 15.9. The summed E-state index contributed by atoms with van der Waals surface area (Å²) >= 11 is 2.60. The second-order valence-electron chi connectivity index (χ2n) is 22.2. The normalized spacial score (nSPS) is 24.4. The number of hydrogen-bond donors (Lipinski definition) is 2. The molecule has 2 N–H and O–H groups in total. The first kappa shape index (κ1) is 54.9. The smallest absolute Gasteiger partial charge is 0.321 e. The van der Waals surface area contributed by atoms with E-state index in [2.05, 4.69) is 47.2 Å². The number of likely N-dealkylation sites (N-methyl/N-ethyl adjacent to an activating group) is 1. The van der Waals surface area contributed by atoms with Crippen LogP contribution in [-0.4, -0.2) is 138 Å². The molecule has 1 saturated carbocycles. The molecule has 2 aromatic carbocycles. The molecule has 73 heavy (non-hydrogen) atoms. The van der Waals surface area contributed by atoms with E-state index in [1.54, 1.807) is 38.1 Å². The molecular weight excluding hydrogens is 963 g/mol. The molecule has 12 nitrogen and oxygen atoms in total. The number of aromatic nitrogens is 2. The molecule has 0 unspecified atom stereocenters. The number of likely N-dealkylation sites (tertiary alicyclic amines) is 4. The Morgan fingerprint density at radius 3 is 1.73 bits per heavy atom. The number of carbonyl (C=O) groups excluding carboxylic acids is 4. The fraction of sp³-hybridized carbons (Fsp3) is 0.614. The van der Waals surface area contributed by atoms with Gasteiger partial charge in [-0.05, 0) is 182 Å². The molecule has 6 atom stereocenters. The van der Waals surface area contributed by atoms with Gasteiger partial charge in [-0.15, -0.1) is 11.3 Å². The first-order valence-corrected chi connectivity index (χ1v) is 28.6. The van der Waals surface area contributed by atoms with E-state index in [0.29, 0.717) is 63.0 Å². The van der Waals surface area contributed by atoms with Crippen LogP contribution in [0.15, 0.2) is 48.5 Å². The molecule has 2 aromatic heterocycles. The van der Waals surface area contributed by atoms with E-state index in [1.807, 2.05) is 31.2 Å². The van der Waals surface area contributed by atoms with E-state index in [9.17, 15) is 28.0 Å². The maximum Gasteiger partial charge on any atom is 0.321 e. The van der Waals surface area contributed by atoms with Gasteiger partial charge in [0.1, 0.15) is 22.4 Å². The molecule has 16 heteroatoms. The van der Waals surface area contributed by atoms with Crippen molar-refractivity contribution in [2.24, 2.45) is 35.5 Å². The molecule has 9 rings (SSSR count). The predicted octanol–water partition coefficient (Wildman–Crippen LogP) is 9.79. The van der Waals surface area contributed by atoms with Gasteiger partial charge >= 0.3 is 6.03 Å². The van der Waals surface area contributed by atoms with Crippen LogP contribution in [0, 0.1) is 61.0 Å². The molecular formula is C57H78F2N8O4S2. The monoisotopic (exact) mass is 1040 g/mol. The number of ketones is 3. The van der Waals surface area contributed by atoms with Gasteiger partial charge < -0.3 is 24.9 Å². The van der Waals surface area contributed by atoms with Gasteiger partial charge in [0.15, 0.2) is 16.7 Å². The minimum atomic E-state index is -0.271. The number of piperidine rings is 4. The van der Waals surface area contributed by atoms with Crippen molar-refractivity contribution in [3.63, 3.8) is 0 Å². The number of nitrogens with one attached hydrogen (secondary N) is 2. The number of Topliss-reactive ketones (excluding diaryl/α,β-unsaturated/α-hetero) is 3. The molecule has 4 aliphatic heterocycles. The lowest BCUT2D eigenvalue weighted by Gasteiger charge is -2.42. The molecule has 0 spiro atoms. The Morgan fingerprint density at radius 2 is 1.16 bits per heavy atom. The Morgan fingerprint density at radius 1 is 0.616 bits per heavy atom. The van der Waals surface area contributed by atoms with Crippen LogP contribution in [0.2, 0.25) is 0 Å². The van der Waals surface area contributed by atoms with Crippen molar-refractivity contribution in [3.05, 3.63) is 97.4 Å². The van der Waals surface area contributed by atoms with Crippen molar-refractivity contribution >= 4 is 51.2 Å². The predicted molar refractivity (Wildman–Crippen MR) is 288 cm³/mol.